The molecule has 3 aromatic rings. The minimum absolute atomic E-state index is 0.0329. The van der Waals surface area contributed by atoms with E-state index in [9.17, 15) is 14.7 Å². The Morgan fingerprint density at radius 1 is 1.17 bits per heavy atom. The van der Waals surface area contributed by atoms with Gasteiger partial charge in [0.1, 0.15) is 17.5 Å². The summed E-state index contributed by atoms with van der Waals surface area (Å²) in [5.41, 5.74) is 6.85. The number of phenols is 1. The van der Waals surface area contributed by atoms with E-state index in [1.54, 1.807) is 18.2 Å². The molecular formula is C20H17Cl2N3O5. The minimum atomic E-state index is -1.13. The number of hydrogen-bond acceptors (Lipinski definition) is 6. The lowest BCUT2D eigenvalue weighted by Crippen LogP contribution is -2.32. The fourth-order valence-corrected chi connectivity index (χ4v) is 3.33. The van der Waals surface area contributed by atoms with Crippen molar-refractivity contribution in [1.29, 1.82) is 0 Å². The molecule has 0 unspecified atom stereocenters. The Morgan fingerprint density at radius 3 is 2.47 bits per heavy atom. The lowest BCUT2D eigenvalue weighted by Gasteiger charge is -2.14. The number of carboxylic acid groups (broad SMARTS) is 1. The number of aromatic nitrogens is 2. The average molecular weight is 450 g/mol. The van der Waals surface area contributed by atoms with Gasteiger partial charge < -0.3 is 20.7 Å². The predicted molar refractivity (Wildman–Crippen MR) is 112 cm³/mol. The van der Waals surface area contributed by atoms with E-state index in [1.807, 2.05) is 0 Å². The molecule has 30 heavy (non-hydrogen) atoms. The monoisotopic (exact) mass is 449 g/mol. The SMILES string of the molecule is N[C@@H](Cc1cc(Cl)c(Oc2ccc(O)c(Cc3ccc(=O)[nH]n3)c2)c(Cl)c1)C(=O)O. The van der Waals surface area contributed by atoms with E-state index in [1.165, 1.54) is 24.3 Å². The van der Waals surface area contributed by atoms with E-state index >= 15 is 0 Å². The zero-order valence-electron chi connectivity index (χ0n) is 15.4. The third-order valence-corrected chi connectivity index (χ3v) is 4.77. The largest absolute Gasteiger partial charge is 0.508 e. The van der Waals surface area contributed by atoms with E-state index in [2.05, 4.69) is 10.2 Å². The number of ether oxygens (including phenoxy) is 1. The normalized spacial score (nSPS) is 11.8. The van der Waals surface area contributed by atoms with Gasteiger partial charge in [-0.05, 0) is 48.4 Å². The molecule has 1 atom stereocenters. The van der Waals surface area contributed by atoms with E-state index in [4.69, 9.17) is 38.8 Å². The van der Waals surface area contributed by atoms with E-state index < -0.39 is 12.0 Å². The van der Waals surface area contributed by atoms with Crippen molar-refractivity contribution in [1.82, 2.24) is 10.2 Å². The number of nitrogens with zero attached hydrogens (tertiary/aromatic N) is 1. The van der Waals surface area contributed by atoms with Crippen LogP contribution in [-0.4, -0.2) is 32.4 Å². The van der Waals surface area contributed by atoms with Crippen molar-refractivity contribution in [3.63, 3.8) is 0 Å². The van der Waals surface area contributed by atoms with Gasteiger partial charge in [-0.25, -0.2) is 5.10 Å². The molecule has 3 rings (SSSR count). The number of hydrogen-bond donors (Lipinski definition) is 4. The van der Waals surface area contributed by atoms with Crippen LogP contribution >= 0.6 is 23.2 Å². The summed E-state index contributed by atoms with van der Waals surface area (Å²) in [6, 6.07) is 9.50. The van der Waals surface area contributed by atoms with Gasteiger partial charge in [0.2, 0.25) is 0 Å². The summed E-state index contributed by atoms with van der Waals surface area (Å²) in [5, 5.41) is 25.7. The first-order valence-corrected chi connectivity index (χ1v) is 9.49. The number of rotatable bonds is 7. The maximum absolute atomic E-state index is 11.1. The van der Waals surface area contributed by atoms with Crippen LogP contribution < -0.4 is 16.0 Å². The van der Waals surface area contributed by atoms with Crippen molar-refractivity contribution in [2.24, 2.45) is 5.73 Å². The summed E-state index contributed by atoms with van der Waals surface area (Å²) in [7, 11) is 0. The molecule has 1 aromatic heterocycles. The quantitative estimate of drug-likeness (QED) is 0.434. The van der Waals surface area contributed by atoms with Crippen molar-refractivity contribution < 1.29 is 19.7 Å². The highest BCUT2D eigenvalue weighted by atomic mass is 35.5. The highest BCUT2D eigenvalue weighted by molar-refractivity contribution is 6.37. The molecule has 2 aromatic carbocycles. The van der Waals surface area contributed by atoms with Crippen LogP contribution in [-0.2, 0) is 17.6 Å². The number of halogens is 2. The average Bonchev–Trinajstić information content (AvgIpc) is 2.68. The van der Waals surface area contributed by atoms with Gasteiger partial charge in [0, 0.05) is 18.1 Å². The maximum Gasteiger partial charge on any atom is 0.320 e. The van der Waals surface area contributed by atoms with Gasteiger partial charge in [0.25, 0.3) is 5.56 Å². The number of nitrogens with one attached hydrogen (secondary N) is 1. The second-order valence-corrected chi connectivity index (χ2v) is 7.33. The number of phenolic OH excluding ortho intramolecular Hbond substituents is 1. The topological polar surface area (TPSA) is 139 Å². The number of aliphatic carboxylic acids is 1. The number of aromatic hydroxyl groups is 1. The standard InChI is InChI=1S/C20H17Cl2N3O5/c21-14-5-10(7-16(23)20(28)29)6-15(22)19(14)30-13-2-3-17(26)11(9-13)8-12-1-4-18(27)25-24-12/h1-6,9,16,26H,7-8,23H2,(H,25,27)(H,28,29)/t16-/m0/s1. The maximum atomic E-state index is 11.1. The number of aromatic amines is 1. The first-order valence-electron chi connectivity index (χ1n) is 8.73. The van der Waals surface area contributed by atoms with Crippen molar-refractivity contribution in [3.05, 3.63) is 79.7 Å². The van der Waals surface area contributed by atoms with Crippen LogP contribution in [0.2, 0.25) is 10.0 Å². The Morgan fingerprint density at radius 2 is 1.87 bits per heavy atom. The number of carbonyl (C=O) groups is 1. The second-order valence-electron chi connectivity index (χ2n) is 6.52. The fourth-order valence-electron chi connectivity index (χ4n) is 2.72. The number of benzene rings is 2. The Labute approximate surface area is 180 Å². The summed E-state index contributed by atoms with van der Waals surface area (Å²) < 4.78 is 5.80. The van der Waals surface area contributed by atoms with Crippen LogP contribution in [0.25, 0.3) is 0 Å². The minimum Gasteiger partial charge on any atom is -0.508 e. The lowest BCUT2D eigenvalue weighted by atomic mass is 10.1. The molecule has 5 N–H and O–H groups in total. The van der Waals surface area contributed by atoms with Crippen LogP contribution in [0.1, 0.15) is 16.8 Å². The third kappa shape index (κ3) is 5.29. The summed E-state index contributed by atoms with van der Waals surface area (Å²) in [5.74, 6) is -0.544. The molecule has 0 aliphatic rings. The number of H-pyrrole nitrogens is 1. The molecule has 0 fully saturated rings. The molecule has 0 amide bonds. The second kappa shape index (κ2) is 9.17. The first kappa shape index (κ1) is 21.6. The molecule has 0 radical (unpaired) electrons. The highest BCUT2D eigenvalue weighted by Crippen LogP contribution is 2.38. The van der Waals surface area contributed by atoms with Gasteiger partial charge in [-0.1, -0.05) is 23.2 Å². The fraction of sp³-hybridized carbons (Fsp3) is 0.150. The van der Waals surface area contributed by atoms with Gasteiger partial charge in [-0.2, -0.15) is 5.10 Å². The summed E-state index contributed by atoms with van der Waals surface area (Å²) in [4.78, 5) is 22.1. The zero-order chi connectivity index (χ0) is 21.8. The Hall–Kier alpha value is -3.07. The van der Waals surface area contributed by atoms with Crippen LogP contribution in [0.3, 0.4) is 0 Å². The van der Waals surface area contributed by atoms with Crippen molar-refractivity contribution in [3.8, 4) is 17.2 Å². The Bertz CT molecular complexity index is 1110. The van der Waals surface area contributed by atoms with Crippen LogP contribution in [0.15, 0.2) is 47.3 Å². The molecule has 0 aliphatic heterocycles. The van der Waals surface area contributed by atoms with Crippen molar-refractivity contribution in [2.45, 2.75) is 18.9 Å². The Balaban J connectivity index is 1.83. The van der Waals surface area contributed by atoms with Crippen LogP contribution in [0.4, 0.5) is 0 Å². The molecule has 0 spiro atoms. The summed E-state index contributed by atoms with van der Waals surface area (Å²) in [6.45, 7) is 0. The molecule has 0 saturated carbocycles. The Kier molecular flexibility index (Phi) is 6.61. The molecule has 0 saturated heterocycles. The number of carboxylic acids is 1. The summed E-state index contributed by atoms with van der Waals surface area (Å²) in [6.07, 6.45) is 0.317. The molecule has 156 valence electrons. The molecule has 1 heterocycles. The van der Waals surface area contributed by atoms with Gasteiger partial charge in [0.15, 0.2) is 5.75 Å². The van der Waals surface area contributed by atoms with Crippen LogP contribution in [0, 0.1) is 0 Å². The third-order valence-electron chi connectivity index (χ3n) is 4.21. The molecule has 0 aliphatic carbocycles. The smallest absolute Gasteiger partial charge is 0.320 e. The van der Waals surface area contributed by atoms with E-state index in [0.29, 0.717) is 22.6 Å². The molecule has 8 nitrogen and oxygen atoms in total. The van der Waals surface area contributed by atoms with Crippen molar-refractivity contribution >= 4 is 29.2 Å². The molecule has 0 bridgehead atoms. The highest BCUT2D eigenvalue weighted by Gasteiger charge is 2.17. The van der Waals surface area contributed by atoms with Gasteiger partial charge in [-0.15, -0.1) is 0 Å². The van der Waals surface area contributed by atoms with Gasteiger partial charge >= 0.3 is 5.97 Å². The predicted octanol–water partition coefficient (Wildman–Crippen LogP) is 3.12. The number of nitrogens with two attached hydrogens (primary N) is 1. The van der Waals surface area contributed by atoms with Gasteiger partial charge in [-0.3, -0.25) is 9.59 Å². The van der Waals surface area contributed by atoms with Gasteiger partial charge in [0.05, 0.1) is 15.7 Å². The first-order chi connectivity index (χ1) is 14.2. The summed E-state index contributed by atoms with van der Waals surface area (Å²) >= 11 is 12.5. The van der Waals surface area contributed by atoms with E-state index in [-0.39, 0.29) is 39.9 Å². The molecular weight excluding hydrogens is 433 g/mol. The lowest BCUT2D eigenvalue weighted by molar-refractivity contribution is -0.138. The molecule has 10 heteroatoms. The van der Waals surface area contributed by atoms with Crippen molar-refractivity contribution in [2.75, 3.05) is 0 Å². The van der Waals surface area contributed by atoms with E-state index in [0.717, 1.165) is 0 Å². The zero-order valence-corrected chi connectivity index (χ0v) is 16.9. The van der Waals surface area contributed by atoms with Crippen LogP contribution in [0.5, 0.6) is 17.2 Å².